The molecule has 1 aromatic heterocycles. The smallest absolute Gasteiger partial charge is 0.479 e. The van der Waals surface area contributed by atoms with E-state index in [1.165, 1.54) is 0 Å². The van der Waals surface area contributed by atoms with E-state index in [2.05, 4.69) is 13.8 Å². The Kier molecular flexibility index (Phi) is 7.36. The van der Waals surface area contributed by atoms with Gasteiger partial charge in [-0.25, -0.2) is 13.9 Å². The molecule has 29 heavy (non-hydrogen) atoms. The van der Waals surface area contributed by atoms with Crippen LogP contribution in [-0.2, 0) is 22.7 Å². The largest absolute Gasteiger partial charge is 0.846 e. The second-order valence-electron chi connectivity index (χ2n) is 5.78. The highest BCUT2D eigenvalue weighted by atomic mass is 31.3. The molecule has 6 atom stereocenters. The molecule has 0 saturated carbocycles. The van der Waals surface area contributed by atoms with Gasteiger partial charge in [0.05, 0.1) is 12.6 Å². The first kappa shape index (κ1) is 24.4. The summed E-state index contributed by atoms with van der Waals surface area (Å²) in [4.78, 5) is 53.5. The van der Waals surface area contributed by atoms with Gasteiger partial charge >= 0.3 is 15.4 Å². The Hall–Kier alpha value is -0.830. The Morgan fingerprint density at radius 2 is 1.90 bits per heavy atom. The van der Waals surface area contributed by atoms with Crippen LogP contribution in [0.2, 0.25) is 0 Å². The van der Waals surface area contributed by atoms with E-state index in [-0.39, 0.29) is 5.49 Å². The second kappa shape index (κ2) is 8.73. The Bertz CT molecular complexity index is 888. The molecule has 0 aromatic carbocycles. The fourth-order valence-electron chi connectivity index (χ4n) is 2.30. The summed E-state index contributed by atoms with van der Waals surface area (Å²) in [6.07, 6.45) is -5.48. The summed E-state index contributed by atoms with van der Waals surface area (Å²) in [6.45, 7) is -1.01. The quantitative estimate of drug-likeness (QED) is 0.219. The van der Waals surface area contributed by atoms with Gasteiger partial charge in [-0.3, -0.25) is 14.5 Å². The number of aliphatic hydroxyl groups is 2. The van der Waals surface area contributed by atoms with Crippen LogP contribution in [0.4, 0.5) is 0 Å². The zero-order valence-corrected chi connectivity index (χ0v) is 16.8. The first-order chi connectivity index (χ1) is 13.1. The van der Waals surface area contributed by atoms with Crippen molar-refractivity contribution in [3.8, 4) is 6.01 Å². The molecular formula is C10H15N3O13P3-3. The number of ether oxygens (including phenoxy) is 1. The van der Waals surface area contributed by atoms with Crippen molar-refractivity contribution in [3.05, 3.63) is 17.8 Å². The molecule has 5 N–H and O–H groups in total. The van der Waals surface area contributed by atoms with E-state index in [1.54, 1.807) is 0 Å². The molecule has 16 nitrogen and oxygen atoms in total. The zero-order chi connectivity index (χ0) is 22.2. The van der Waals surface area contributed by atoms with Crippen LogP contribution >= 0.6 is 23.4 Å². The lowest BCUT2D eigenvalue weighted by Crippen LogP contribution is -2.35. The molecule has 0 bridgehead atoms. The Morgan fingerprint density at radius 1 is 1.28 bits per heavy atom. The molecule has 0 aliphatic carbocycles. The number of rotatable bonds is 8. The number of hydrogen-bond acceptors (Lipinski definition) is 13. The fourth-order valence-corrected chi connectivity index (χ4v) is 6.54. The lowest BCUT2D eigenvalue weighted by molar-refractivity contribution is -0.426. The van der Waals surface area contributed by atoms with Crippen molar-refractivity contribution >= 4 is 23.4 Å². The van der Waals surface area contributed by atoms with Gasteiger partial charge < -0.3 is 49.1 Å². The van der Waals surface area contributed by atoms with Gasteiger partial charge in [0.2, 0.25) is 0 Å². The lowest BCUT2D eigenvalue weighted by atomic mass is 10.1. The van der Waals surface area contributed by atoms with Crippen molar-refractivity contribution in [2.24, 2.45) is 0 Å². The summed E-state index contributed by atoms with van der Waals surface area (Å²) < 4.78 is 37.2. The van der Waals surface area contributed by atoms with Crippen LogP contribution in [0.3, 0.4) is 0 Å². The maximum absolute atomic E-state index is 11.8. The average molecular weight is 478 g/mol. The van der Waals surface area contributed by atoms with Crippen molar-refractivity contribution < 1.29 is 62.5 Å². The molecule has 166 valence electrons. The number of aromatic nitrogens is 2. The first-order valence-corrected chi connectivity index (χ1v) is 12.4. The number of nitrogens with zero attached hydrogens (tertiary/aromatic N) is 2. The zero-order valence-electron chi connectivity index (χ0n) is 14.1. The maximum atomic E-state index is 11.8. The highest BCUT2D eigenvalue weighted by Gasteiger charge is 2.45. The summed E-state index contributed by atoms with van der Waals surface area (Å²) in [7, 11) is -16.3. The predicted octanol–water partition coefficient (Wildman–Crippen LogP) is -4.82. The van der Waals surface area contributed by atoms with E-state index >= 15 is 0 Å². The minimum Gasteiger partial charge on any atom is -0.846 e. The number of hydrogen-bond donors (Lipinski definition) is 5. The van der Waals surface area contributed by atoms with Crippen LogP contribution in [-0.4, -0.2) is 60.4 Å². The van der Waals surface area contributed by atoms with Crippen molar-refractivity contribution in [1.82, 2.24) is 9.55 Å². The third-order valence-corrected chi connectivity index (χ3v) is 8.56. The van der Waals surface area contributed by atoms with Crippen LogP contribution in [0, 0.1) is 5.41 Å². The van der Waals surface area contributed by atoms with Gasteiger partial charge in [-0.1, -0.05) is 0 Å². The third kappa shape index (κ3) is 6.84. The molecule has 1 aliphatic rings. The van der Waals surface area contributed by atoms with E-state index < -0.39 is 66.4 Å². The number of phosphoric ester groups is 1. The lowest BCUT2D eigenvalue weighted by Gasteiger charge is -2.42. The third-order valence-electron chi connectivity index (χ3n) is 3.43. The van der Waals surface area contributed by atoms with E-state index in [1.807, 2.05) is 0 Å². The van der Waals surface area contributed by atoms with Gasteiger partial charge in [-0.15, -0.1) is 0 Å². The monoisotopic (exact) mass is 478 g/mol. The molecule has 2 heterocycles. The van der Waals surface area contributed by atoms with Crippen LogP contribution in [0.15, 0.2) is 12.3 Å². The maximum Gasteiger partial charge on any atom is 0.479 e. The molecule has 0 spiro atoms. The molecule has 1 saturated heterocycles. The fraction of sp³-hybridized carbons (Fsp3) is 0.600. The van der Waals surface area contributed by atoms with Crippen LogP contribution < -0.4 is 25.3 Å². The van der Waals surface area contributed by atoms with Gasteiger partial charge in [-0.05, 0) is 6.07 Å². The van der Waals surface area contributed by atoms with Crippen LogP contribution in [0.1, 0.15) is 6.23 Å². The Labute approximate surface area is 162 Å². The van der Waals surface area contributed by atoms with Crippen LogP contribution in [0.25, 0.3) is 0 Å². The first-order valence-electron chi connectivity index (χ1n) is 7.44. The average Bonchev–Trinajstić information content (AvgIpc) is 2.78. The highest BCUT2D eigenvalue weighted by Crippen LogP contribution is 2.64. The van der Waals surface area contributed by atoms with Gasteiger partial charge in [0.15, 0.2) is 6.23 Å². The topological polar surface area (TPSA) is 277 Å². The van der Waals surface area contributed by atoms with Crippen molar-refractivity contribution in [2.75, 3.05) is 12.5 Å². The molecule has 1 aliphatic heterocycles. The Morgan fingerprint density at radius 3 is 2.45 bits per heavy atom. The van der Waals surface area contributed by atoms with Crippen molar-refractivity contribution in [3.63, 3.8) is 0 Å². The summed E-state index contributed by atoms with van der Waals surface area (Å²) in [5, 5.41) is 38.9. The van der Waals surface area contributed by atoms with Crippen molar-refractivity contribution in [2.45, 2.75) is 24.5 Å². The molecule has 2 unspecified atom stereocenters. The van der Waals surface area contributed by atoms with Gasteiger partial charge in [0.25, 0.3) is 0 Å². The van der Waals surface area contributed by atoms with Crippen molar-refractivity contribution in [1.29, 1.82) is 5.41 Å². The molecule has 1 aromatic rings. The Balaban J connectivity index is 2.04. The van der Waals surface area contributed by atoms with E-state index in [0.717, 1.165) is 16.8 Å². The highest BCUT2D eigenvalue weighted by molar-refractivity contribution is 7.74. The molecule has 0 amide bonds. The summed E-state index contributed by atoms with van der Waals surface area (Å²) >= 11 is 0. The minimum atomic E-state index is -5.56. The number of phosphoric acid groups is 1. The SMILES string of the molecule is N=c1ccn([C@@H]2O[C@H](COP(=O)(O)OP(=O)(O)C[P+]([O-])([O-])[O-])[C@@H](O)[C@@H]2O)c([O-])n1. The normalized spacial score (nSPS) is 29.3. The van der Waals surface area contributed by atoms with E-state index in [4.69, 9.17) is 10.1 Å². The molecule has 19 heteroatoms. The van der Waals surface area contributed by atoms with Gasteiger partial charge in [0.1, 0.15) is 29.7 Å². The van der Waals surface area contributed by atoms with Gasteiger partial charge in [-0.2, -0.15) is 7.94 Å². The number of nitrogens with one attached hydrogen (secondary N) is 1. The molecule has 0 radical (unpaired) electrons. The second-order valence-corrected chi connectivity index (χ2v) is 11.3. The van der Waals surface area contributed by atoms with E-state index in [0.29, 0.717) is 0 Å². The molecule has 2 rings (SSSR count). The van der Waals surface area contributed by atoms with Gasteiger partial charge in [0, 0.05) is 6.20 Å². The summed E-state index contributed by atoms with van der Waals surface area (Å²) in [6, 6.07) is 0.0971. The van der Waals surface area contributed by atoms with E-state index in [9.17, 15) is 48.9 Å². The summed E-state index contributed by atoms with van der Waals surface area (Å²) in [5.74, 6) is -1.96. The van der Waals surface area contributed by atoms with Crippen LogP contribution in [0.5, 0.6) is 6.01 Å². The molecule has 1 fully saturated rings. The minimum absolute atomic E-state index is 0.369. The predicted molar refractivity (Wildman–Crippen MR) is 81.9 cm³/mol. The summed E-state index contributed by atoms with van der Waals surface area (Å²) in [5.41, 5.74) is -0.369. The molecular weight excluding hydrogens is 463 g/mol. The number of aliphatic hydroxyl groups excluding tert-OH is 2. The standard InChI is InChI=1S/C10H18N3O13P3/c11-6-1-2-13(10(16)12-6)9-8(15)7(14)5(25-9)3-24-29(22,23)26-28(20,21)4-27(17,18)19/h1-2,5,7-9,14-15H,3-4H2,(H,20,21)(H,22,23)(H2,11,12,16)(H2,17,18,19)/p-3/t5-,7-,8+,9-/m1/s1.